The van der Waals surface area contributed by atoms with E-state index in [1.165, 1.54) is 0 Å². The molecule has 1 aromatic carbocycles. The molecule has 8 heavy (non-hydrogen) atoms. The number of nitrogens with two attached hydrogens (primary N) is 1. The van der Waals surface area contributed by atoms with Crippen LogP contribution in [0.3, 0.4) is 0 Å². The summed E-state index contributed by atoms with van der Waals surface area (Å²) in [6.45, 7) is 0. The molecule has 0 amide bonds. The monoisotopic (exact) mass is 106 g/mol. The fourth-order valence-electron chi connectivity index (χ4n) is 0.474. The highest BCUT2D eigenvalue weighted by Crippen LogP contribution is 2.06. The van der Waals surface area contributed by atoms with Crippen molar-refractivity contribution in [3.63, 3.8) is 0 Å². The first-order valence-corrected chi connectivity index (χ1v) is 2.33. The van der Waals surface area contributed by atoms with Gasteiger partial charge in [-0.05, 0) is 24.3 Å². The fourth-order valence-corrected chi connectivity index (χ4v) is 0.474. The van der Waals surface area contributed by atoms with Crippen molar-refractivity contribution in [3.8, 4) is 0 Å². The Hall–Kier alpha value is -1.18. The molecule has 0 spiro atoms. The molecule has 0 aliphatic carbocycles. The van der Waals surface area contributed by atoms with Gasteiger partial charge in [0.15, 0.2) is 0 Å². The molecule has 0 aromatic heterocycles. The second-order valence-electron chi connectivity index (χ2n) is 1.59. The predicted octanol–water partition coefficient (Wildman–Crippen LogP) is 0.969. The molecule has 0 heterocycles. The summed E-state index contributed by atoms with van der Waals surface area (Å²) in [5.41, 5.74) is 14.9. The Balaban J connectivity index is 3.03. The van der Waals surface area contributed by atoms with Crippen LogP contribution in [0.1, 0.15) is 0 Å². The standard InChI is InChI=1S/C6H6N2/c7-5-1-2-6(8)4-3-5/h1-4H,7H2. The Morgan fingerprint density at radius 1 is 1.12 bits per heavy atom. The van der Waals surface area contributed by atoms with Crippen molar-refractivity contribution in [2.24, 2.45) is 0 Å². The van der Waals surface area contributed by atoms with Gasteiger partial charge in [0, 0.05) is 5.69 Å². The van der Waals surface area contributed by atoms with Crippen molar-refractivity contribution >= 4 is 11.4 Å². The average Bonchev–Trinajstić information content (AvgIpc) is 1.77. The third-order valence-corrected chi connectivity index (χ3v) is 0.893. The molecule has 0 aliphatic rings. The molecule has 0 aliphatic heterocycles. The maximum atomic E-state index is 8.70. The summed E-state index contributed by atoms with van der Waals surface area (Å²) >= 11 is 0. The van der Waals surface area contributed by atoms with Gasteiger partial charge in [0.25, 0.3) is 0 Å². The Bertz CT molecular complexity index is 145. The van der Waals surface area contributed by atoms with Crippen LogP contribution < -0.4 is 11.5 Å². The molecule has 0 saturated carbocycles. The Morgan fingerprint density at radius 3 is 2.00 bits per heavy atom. The lowest BCUT2D eigenvalue weighted by Gasteiger charge is -1.88. The third-order valence-electron chi connectivity index (χ3n) is 0.893. The van der Waals surface area contributed by atoms with Crippen molar-refractivity contribution < 1.29 is 0 Å². The van der Waals surface area contributed by atoms with E-state index in [-0.39, 0.29) is 5.69 Å². The Labute approximate surface area is 48.1 Å². The molecule has 1 rings (SSSR count). The first-order valence-electron chi connectivity index (χ1n) is 2.33. The highest BCUT2D eigenvalue weighted by Gasteiger charge is 1.83. The molecule has 40 valence electrons. The van der Waals surface area contributed by atoms with Crippen LogP contribution in [0.25, 0.3) is 0 Å². The minimum absolute atomic E-state index is 0.249. The van der Waals surface area contributed by atoms with Gasteiger partial charge in [-0.3, -0.25) is 0 Å². The van der Waals surface area contributed by atoms with E-state index in [4.69, 9.17) is 11.5 Å². The quantitative estimate of drug-likeness (QED) is 0.492. The number of hydrogen-bond acceptors (Lipinski definition) is 1. The SMILES string of the molecule is [N]c1ccc(N)cc1. The van der Waals surface area contributed by atoms with E-state index < -0.39 is 0 Å². The van der Waals surface area contributed by atoms with Crippen molar-refractivity contribution in [1.29, 1.82) is 0 Å². The van der Waals surface area contributed by atoms with Gasteiger partial charge in [-0.1, -0.05) is 0 Å². The lowest BCUT2D eigenvalue weighted by atomic mass is 10.3. The van der Waals surface area contributed by atoms with Crippen molar-refractivity contribution in [3.05, 3.63) is 24.3 Å². The van der Waals surface area contributed by atoms with Crippen LogP contribution in [-0.4, -0.2) is 0 Å². The van der Waals surface area contributed by atoms with Gasteiger partial charge in [0.05, 0.1) is 5.69 Å². The van der Waals surface area contributed by atoms with Gasteiger partial charge >= 0.3 is 0 Å². The normalized spacial score (nSPS) is 9.00. The number of nitrogens with zero attached hydrogens (tertiary/aromatic N) is 1. The highest BCUT2D eigenvalue weighted by atomic mass is 14.6. The van der Waals surface area contributed by atoms with E-state index in [1.807, 2.05) is 0 Å². The van der Waals surface area contributed by atoms with Crippen LogP contribution in [0.2, 0.25) is 0 Å². The predicted molar refractivity (Wildman–Crippen MR) is 32.6 cm³/mol. The minimum Gasteiger partial charge on any atom is -0.399 e. The van der Waals surface area contributed by atoms with Crippen LogP contribution in [-0.2, 0) is 0 Å². The molecular formula is C6H6N2. The maximum Gasteiger partial charge on any atom is 0.0858 e. The Morgan fingerprint density at radius 2 is 1.62 bits per heavy atom. The van der Waals surface area contributed by atoms with Gasteiger partial charge in [0.1, 0.15) is 0 Å². The van der Waals surface area contributed by atoms with E-state index in [9.17, 15) is 0 Å². The number of anilines is 1. The average molecular weight is 106 g/mol. The molecule has 2 radical (unpaired) electrons. The summed E-state index contributed by atoms with van der Waals surface area (Å²) in [7, 11) is 0. The first kappa shape index (κ1) is 4.97. The molecule has 1 aromatic rings. The molecule has 0 bridgehead atoms. The molecule has 2 N–H and O–H groups in total. The zero-order chi connectivity index (χ0) is 5.98. The molecule has 0 unspecified atom stereocenters. The van der Waals surface area contributed by atoms with Gasteiger partial charge < -0.3 is 5.73 Å². The van der Waals surface area contributed by atoms with Crippen molar-refractivity contribution in [1.82, 2.24) is 5.73 Å². The Kier molecular flexibility index (Phi) is 1.08. The molecule has 0 saturated heterocycles. The van der Waals surface area contributed by atoms with Crippen molar-refractivity contribution in [2.75, 3.05) is 5.73 Å². The summed E-state index contributed by atoms with van der Waals surface area (Å²) in [6, 6.07) is 6.40. The van der Waals surface area contributed by atoms with E-state index in [0.717, 1.165) is 0 Å². The largest absolute Gasteiger partial charge is 0.399 e. The third kappa shape index (κ3) is 0.904. The molecule has 0 fully saturated rings. The summed E-state index contributed by atoms with van der Waals surface area (Å²) < 4.78 is 0. The highest BCUT2D eigenvalue weighted by molar-refractivity contribution is 5.45. The summed E-state index contributed by atoms with van der Waals surface area (Å²) in [6.07, 6.45) is 0. The molecule has 2 nitrogen and oxygen atoms in total. The lowest BCUT2D eigenvalue weighted by Crippen LogP contribution is -1.81. The second kappa shape index (κ2) is 1.74. The van der Waals surface area contributed by atoms with Crippen molar-refractivity contribution in [2.45, 2.75) is 0 Å². The van der Waals surface area contributed by atoms with Gasteiger partial charge in [0.2, 0.25) is 0 Å². The number of benzene rings is 1. The molecular weight excluding hydrogens is 100 g/mol. The summed E-state index contributed by atoms with van der Waals surface area (Å²) in [4.78, 5) is 0. The number of hydrogen-bond donors (Lipinski definition) is 1. The fraction of sp³-hybridized carbons (Fsp3) is 0. The lowest BCUT2D eigenvalue weighted by molar-refractivity contribution is 1.49. The van der Waals surface area contributed by atoms with Crippen LogP contribution in [0.4, 0.5) is 11.4 Å². The van der Waals surface area contributed by atoms with E-state index in [0.29, 0.717) is 5.69 Å². The summed E-state index contributed by atoms with van der Waals surface area (Å²) in [5.74, 6) is 0. The van der Waals surface area contributed by atoms with Gasteiger partial charge in [-0.2, -0.15) is 5.73 Å². The topological polar surface area (TPSA) is 48.3 Å². The maximum absolute atomic E-state index is 8.70. The van der Waals surface area contributed by atoms with Crippen LogP contribution in [0.5, 0.6) is 0 Å². The first-order chi connectivity index (χ1) is 3.79. The molecule has 0 atom stereocenters. The number of nitrogen functional groups attached to an aromatic ring is 1. The van der Waals surface area contributed by atoms with Gasteiger partial charge in [-0.15, -0.1) is 0 Å². The van der Waals surface area contributed by atoms with Gasteiger partial charge in [-0.25, -0.2) is 0 Å². The molecule has 2 heteroatoms. The van der Waals surface area contributed by atoms with Crippen LogP contribution >= 0.6 is 0 Å². The second-order valence-corrected chi connectivity index (χ2v) is 1.59. The van der Waals surface area contributed by atoms with E-state index in [1.54, 1.807) is 24.3 Å². The summed E-state index contributed by atoms with van der Waals surface area (Å²) in [5, 5.41) is 0. The number of rotatable bonds is 0. The van der Waals surface area contributed by atoms with E-state index >= 15 is 0 Å². The van der Waals surface area contributed by atoms with Crippen LogP contribution in [0.15, 0.2) is 24.3 Å². The zero-order valence-corrected chi connectivity index (χ0v) is 4.33. The minimum atomic E-state index is 0.249. The zero-order valence-electron chi connectivity index (χ0n) is 4.33. The van der Waals surface area contributed by atoms with E-state index in [2.05, 4.69) is 0 Å². The smallest absolute Gasteiger partial charge is 0.0858 e. The van der Waals surface area contributed by atoms with Crippen LogP contribution in [0, 0.1) is 0 Å².